The zero-order chi connectivity index (χ0) is 13.5. The van der Waals surface area contributed by atoms with Crippen LogP contribution in [-0.4, -0.2) is 35.6 Å². The minimum Gasteiger partial charge on any atom is -0.481 e. The first kappa shape index (κ1) is 14.3. The van der Waals surface area contributed by atoms with E-state index < -0.39 is 5.97 Å². The molecule has 5 nitrogen and oxygen atoms in total. The molecule has 0 aromatic heterocycles. The van der Waals surface area contributed by atoms with E-state index in [1.54, 1.807) is 25.2 Å². The molecule has 0 aliphatic heterocycles. The lowest BCUT2D eigenvalue weighted by Gasteiger charge is -2.16. The van der Waals surface area contributed by atoms with Crippen LogP contribution in [0.25, 0.3) is 0 Å². The number of carbonyl (C=O) groups excluding carboxylic acids is 1. The normalized spacial score (nSPS) is 9.89. The van der Waals surface area contributed by atoms with Gasteiger partial charge in [0.1, 0.15) is 0 Å². The second kappa shape index (κ2) is 6.86. The minimum atomic E-state index is -0.926. The predicted molar refractivity (Wildman–Crippen MR) is 68.6 cm³/mol. The van der Waals surface area contributed by atoms with Gasteiger partial charge in [-0.3, -0.25) is 4.79 Å². The lowest BCUT2D eigenvalue weighted by molar-refractivity contribution is -0.137. The maximum absolute atomic E-state index is 11.6. The van der Waals surface area contributed by atoms with Crippen LogP contribution in [0, 0.1) is 0 Å². The highest BCUT2D eigenvalue weighted by Crippen LogP contribution is 2.10. The Balaban J connectivity index is 2.38. The summed E-state index contributed by atoms with van der Waals surface area (Å²) in [5, 5.41) is 11.8. The number of benzene rings is 1. The second-order valence-corrected chi connectivity index (χ2v) is 4.29. The van der Waals surface area contributed by atoms with Gasteiger partial charge in [0.25, 0.3) is 0 Å². The third-order valence-electron chi connectivity index (χ3n) is 2.34. The van der Waals surface area contributed by atoms with Crippen molar-refractivity contribution in [2.75, 3.05) is 13.6 Å². The molecule has 0 saturated carbocycles. The Labute approximate surface area is 110 Å². The van der Waals surface area contributed by atoms with Crippen LogP contribution in [0.4, 0.5) is 4.79 Å². The van der Waals surface area contributed by atoms with Crippen LogP contribution in [0.1, 0.15) is 12.0 Å². The summed E-state index contributed by atoms with van der Waals surface area (Å²) in [4.78, 5) is 23.3. The van der Waals surface area contributed by atoms with Crippen molar-refractivity contribution < 1.29 is 14.7 Å². The molecule has 0 bridgehead atoms. The lowest BCUT2D eigenvalue weighted by Crippen LogP contribution is -2.37. The molecule has 2 amide bonds. The van der Waals surface area contributed by atoms with Crippen LogP contribution in [0.15, 0.2) is 24.3 Å². The average Bonchev–Trinajstić information content (AvgIpc) is 2.33. The summed E-state index contributed by atoms with van der Waals surface area (Å²) in [5.74, 6) is -0.926. The van der Waals surface area contributed by atoms with Gasteiger partial charge in [-0.1, -0.05) is 23.7 Å². The number of nitrogens with zero attached hydrogens (tertiary/aromatic N) is 1. The molecule has 0 saturated heterocycles. The quantitative estimate of drug-likeness (QED) is 0.859. The highest BCUT2D eigenvalue weighted by Gasteiger charge is 2.09. The van der Waals surface area contributed by atoms with E-state index in [9.17, 15) is 9.59 Å². The summed E-state index contributed by atoms with van der Waals surface area (Å²) in [6, 6.07) is 6.86. The summed E-state index contributed by atoms with van der Waals surface area (Å²) in [6.07, 6.45) is -0.0684. The van der Waals surface area contributed by atoms with Crippen molar-refractivity contribution in [3.63, 3.8) is 0 Å². The molecule has 98 valence electrons. The number of hydrogen-bond acceptors (Lipinski definition) is 2. The van der Waals surface area contributed by atoms with Crippen LogP contribution in [0.2, 0.25) is 5.02 Å². The van der Waals surface area contributed by atoms with Gasteiger partial charge in [-0.05, 0) is 17.7 Å². The molecule has 0 spiro atoms. The monoisotopic (exact) mass is 270 g/mol. The molecular weight excluding hydrogens is 256 g/mol. The van der Waals surface area contributed by atoms with Crippen molar-refractivity contribution >= 4 is 23.6 Å². The molecule has 0 heterocycles. The summed E-state index contributed by atoms with van der Waals surface area (Å²) in [7, 11) is 1.55. The Bertz CT molecular complexity index is 437. The third-order valence-corrected chi connectivity index (χ3v) is 2.58. The fourth-order valence-electron chi connectivity index (χ4n) is 1.32. The van der Waals surface area contributed by atoms with Crippen molar-refractivity contribution in [3.8, 4) is 0 Å². The zero-order valence-electron chi connectivity index (χ0n) is 10.0. The molecule has 1 aromatic carbocycles. The van der Waals surface area contributed by atoms with Crippen molar-refractivity contribution in [3.05, 3.63) is 34.9 Å². The van der Waals surface area contributed by atoms with Gasteiger partial charge in [0.05, 0.1) is 6.42 Å². The Morgan fingerprint density at radius 1 is 1.44 bits per heavy atom. The molecule has 0 radical (unpaired) electrons. The van der Waals surface area contributed by atoms with Gasteiger partial charge in [0, 0.05) is 25.2 Å². The van der Waals surface area contributed by atoms with E-state index in [0.717, 1.165) is 5.56 Å². The first-order valence-electron chi connectivity index (χ1n) is 5.44. The van der Waals surface area contributed by atoms with Crippen molar-refractivity contribution in [2.45, 2.75) is 13.0 Å². The van der Waals surface area contributed by atoms with Gasteiger partial charge in [0.15, 0.2) is 0 Å². The van der Waals surface area contributed by atoms with E-state index in [0.29, 0.717) is 11.6 Å². The topological polar surface area (TPSA) is 69.6 Å². The predicted octanol–water partition coefficient (Wildman–Crippen LogP) is 1.96. The van der Waals surface area contributed by atoms with Crippen LogP contribution in [0.5, 0.6) is 0 Å². The van der Waals surface area contributed by atoms with Crippen molar-refractivity contribution in [1.29, 1.82) is 0 Å². The maximum atomic E-state index is 11.6. The summed E-state index contributed by atoms with van der Waals surface area (Å²) < 4.78 is 0. The number of urea groups is 1. The van der Waals surface area contributed by atoms with E-state index in [4.69, 9.17) is 16.7 Å². The number of nitrogens with one attached hydrogen (secondary N) is 1. The highest BCUT2D eigenvalue weighted by atomic mass is 35.5. The van der Waals surface area contributed by atoms with E-state index in [1.165, 1.54) is 4.90 Å². The Morgan fingerprint density at radius 3 is 2.78 bits per heavy atom. The molecule has 0 atom stereocenters. The molecule has 1 rings (SSSR count). The molecule has 18 heavy (non-hydrogen) atoms. The van der Waals surface area contributed by atoms with Gasteiger partial charge < -0.3 is 15.3 Å². The van der Waals surface area contributed by atoms with Gasteiger partial charge in [-0.2, -0.15) is 0 Å². The minimum absolute atomic E-state index is 0.0684. The standard InChI is InChI=1S/C12H15ClN2O3/c1-15(6-5-11(16)17)12(18)14-8-9-3-2-4-10(13)7-9/h2-4,7H,5-6,8H2,1H3,(H,14,18)(H,16,17). The number of amides is 2. The molecule has 0 fully saturated rings. The fourth-order valence-corrected chi connectivity index (χ4v) is 1.54. The number of aliphatic carboxylic acids is 1. The summed E-state index contributed by atoms with van der Waals surface area (Å²) in [5.41, 5.74) is 0.891. The number of carbonyl (C=O) groups is 2. The number of rotatable bonds is 5. The molecule has 1 aromatic rings. The van der Waals surface area contributed by atoms with Gasteiger partial charge in [0.2, 0.25) is 0 Å². The molecule has 6 heteroatoms. The second-order valence-electron chi connectivity index (χ2n) is 3.85. The van der Waals surface area contributed by atoms with Crippen LogP contribution in [-0.2, 0) is 11.3 Å². The van der Waals surface area contributed by atoms with Crippen LogP contribution in [0.3, 0.4) is 0 Å². The number of carboxylic acids is 1. The van der Waals surface area contributed by atoms with Crippen molar-refractivity contribution in [2.24, 2.45) is 0 Å². The largest absolute Gasteiger partial charge is 0.481 e. The molecular formula is C12H15ClN2O3. The summed E-state index contributed by atoms with van der Waals surface area (Å²) in [6.45, 7) is 0.535. The number of halogens is 1. The Kier molecular flexibility index (Phi) is 5.45. The third kappa shape index (κ3) is 5.05. The van der Waals surface area contributed by atoms with E-state index in [1.807, 2.05) is 6.07 Å². The number of carboxylic acid groups (broad SMARTS) is 1. The van der Waals surface area contributed by atoms with E-state index >= 15 is 0 Å². The Hall–Kier alpha value is -1.75. The summed E-state index contributed by atoms with van der Waals surface area (Å²) >= 11 is 5.82. The molecule has 0 aliphatic rings. The molecule has 0 aliphatic carbocycles. The number of hydrogen-bond donors (Lipinski definition) is 2. The first-order chi connectivity index (χ1) is 8.49. The Morgan fingerprint density at radius 2 is 2.17 bits per heavy atom. The van der Waals surface area contributed by atoms with Crippen molar-refractivity contribution in [1.82, 2.24) is 10.2 Å². The zero-order valence-corrected chi connectivity index (χ0v) is 10.8. The van der Waals surface area contributed by atoms with Gasteiger partial charge in [-0.15, -0.1) is 0 Å². The van der Waals surface area contributed by atoms with E-state index in [-0.39, 0.29) is 19.0 Å². The maximum Gasteiger partial charge on any atom is 0.317 e. The van der Waals surface area contributed by atoms with Gasteiger partial charge >= 0.3 is 12.0 Å². The van der Waals surface area contributed by atoms with Gasteiger partial charge in [-0.25, -0.2) is 4.79 Å². The first-order valence-corrected chi connectivity index (χ1v) is 5.82. The van der Waals surface area contributed by atoms with E-state index in [2.05, 4.69) is 5.32 Å². The average molecular weight is 271 g/mol. The lowest BCUT2D eigenvalue weighted by atomic mass is 10.2. The molecule has 0 unspecified atom stereocenters. The smallest absolute Gasteiger partial charge is 0.317 e. The van der Waals surface area contributed by atoms with Crippen LogP contribution >= 0.6 is 11.6 Å². The molecule has 2 N–H and O–H groups in total. The highest BCUT2D eigenvalue weighted by molar-refractivity contribution is 6.30. The SMILES string of the molecule is CN(CCC(=O)O)C(=O)NCc1cccc(Cl)c1. The fraction of sp³-hybridized carbons (Fsp3) is 0.333. The van der Waals surface area contributed by atoms with Crippen LogP contribution < -0.4 is 5.32 Å².